The summed E-state index contributed by atoms with van der Waals surface area (Å²) in [6.07, 6.45) is 0. The van der Waals surface area contributed by atoms with Crippen LogP contribution >= 0.6 is 12.2 Å². The van der Waals surface area contributed by atoms with Crippen molar-refractivity contribution in [1.82, 2.24) is 0 Å². The molecule has 0 fully saturated rings. The first-order valence-corrected chi connectivity index (χ1v) is 7.06. The van der Waals surface area contributed by atoms with Crippen molar-refractivity contribution in [3.63, 3.8) is 0 Å². The minimum Gasteiger partial charge on any atom is -0.868 e. The molecule has 0 radical (unpaired) electrons. The fourth-order valence-corrected chi connectivity index (χ4v) is 3.87. The average Bonchev–Trinajstić information content (AvgIpc) is 2.03. The maximum Gasteiger partial charge on any atom is 1.00 e. The molecule has 0 aliphatic carbocycles. The van der Waals surface area contributed by atoms with Crippen LogP contribution in [0.5, 0.6) is 0 Å². The second-order valence-corrected chi connectivity index (χ2v) is 5.57. The molecular formula is C8H17LiO4SSi. The first kappa shape index (κ1) is 18.0. The Morgan fingerprint density at radius 2 is 1.40 bits per heavy atom. The fraction of sp³-hybridized carbons (Fsp3) is 0.875. The van der Waals surface area contributed by atoms with Gasteiger partial charge in [0.1, 0.15) is 0 Å². The quantitative estimate of drug-likeness (QED) is 0.356. The number of hydrogen-bond donors (Lipinski definition) is 0. The number of rotatable bonds is 8. The summed E-state index contributed by atoms with van der Waals surface area (Å²) in [6.45, 7) is 6.92. The molecule has 0 atom stereocenters. The molecule has 0 saturated carbocycles. The molecule has 0 aromatic carbocycles. The first-order chi connectivity index (χ1) is 6.60. The van der Waals surface area contributed by atoms with Crippen molar-refractivity contribution in [2.45, 2.75) is 26.8 Å². The van der Waals surface area contributed by atoms with Gasteiger partial charge in [0.05, 0.1) is 0 Å². The van der Waals surface area contributed by atoms with Crippen molar-refractivity contribution < 1.29 is 37.2 Å². The Labute approximate surface area is 110 Å². The molecular weight excluding hydrogens is 227 g/mol. The van der Waals surface area contributed by atoms with Crippen LogP contribution in [0.2, 0.25) is 6.04 Å². The second-order valence-electron chi connectivity index (χ2n) is 2.53. The first-order valence-electron chi connectivity index (χ1n) is 4.72. The molecule has 0 aliphatic heterocycles. The number of hydrogen-bond acceptors (Lipinski definition) is 5. The minimum atomic E-state index is -2.81. The van der Waals surface area contributed by atoms with Gasteiger partial charge in [-0.25, -0.2) is 0 Å². The van der Waals surface area contributed by atoms with Gasteiger partial charge in [-0.05, 0) is 20.8 Å². The third kappa shape index (κ3) is 7.47. The molecule has 0 amide bonds. The van der Waals surface area contributed by atoms with Gasteiger partial charge in [-0.2, -0.15) is 0 Å². The second kappa shape index (κ2) is 9.79. The van der Waals surface area contributed by atoms with Crippen LogP contribution < -0.4 is 24.0 Å². The van der Waals surface area contributed by atoms with Crippen molar-refractivity contribution >= 4 is 26.1 Å². The Morgan fingerprint density at radius 3 is 1.60 bits per heavy atom. The molecule has 0 aromatic rings. The van der Waals surface area contributed by atoms with Crippen LogP contribution in [0.1, 0.15) is 20.8 Å². The van der Waals surface area contributed by atoms with E-state index in [1.54, 1.807) is 0 Å². The van der Waals surface area contributed by atoms with Crippen LogP contribution in [0.25, 0.3) is 0 Å². The predicted octanol–water partition coefficient (Wildman–Crippen LogP) is -2.27. The van der Waals surface area contributed by atoms with Gasteiger partial charge in [0.2, 0.25) is 0 Å². The van der Waals surface area contributed by atoms with E-state index in [9.17, 15) is 5.11 Å². The zero-order valence-electron chi connectivity index (χ0n) is 9.87. The van der Waals surface area contributed by atoms with Gasteiger partial charge in [0.25, 0.3) is 0 Å². The third-order valence-electron chi connectivity index (χ3n) is 1.45. The Kier molecular flexibility index (Phi) is 11.7. The Morgan fingerprint density at radius 1 is 1.07 bits per heavy atom. The zero-order chi connectivity index (χ0) is 11.0. The molecule has 4 nitrogen and oxygen atoms in total. The molecule has 84 valence electrons. The summed E-state index contributed by atoms with van der Waals surface area (Å²) < 4.78 is 16.3. The van der Waals surface area contributed by atoms with Crippen LogP contribution in [-0.4, -0.2) is 33.7 Å². The van der Waals surface area contributed by atoms with Crippen LogP contribution in [0.15, 0.2) is 0 Å². The van der Waals surface area contributed by atoms with E-state index in [4.69, 9.17) is 13.3 Å². The van der Waals surface area contributed by atoms with E-state index in [0.717, 1.165) is 0 Å². The Hall–Kier alpha value is 0.584. The van der Waals surface area contributed by atoms with Crippen LogP contribution in [-0.2, 0) is 13.3 Å². The van der Waals surface area contributed by atoms with E-state index in [0.29, 0.717) is 19.8 Å². The van der Waals surface area contributed by atoms with E-state index in [1.807, 2.05) is 20.8 Å². The molecule has 0 N–H and O–H groups in total. The monoisotopic (exact) mass is 244 g/mol. The van der Waals surface area contributed by atoms with E-state index in [2.05, 4.69) is 12.2 Å². The van der Waals surface area contributed by atoms with Gasteiger partial charge in [-0.1, -0.05) is 5.05 Å². The summed E-state index contributed by atoms with van der Waals surface area (Å²) in [7, 11) is -2.81. The summed E-state index contributed by atoms with van der Waals surface area (Å²) in [5.74, 6) is 0. The summed E-state index contributed by atoms with van der Waals surface area (Å²) in [5, 5.41) is 10.5. The van der Waals surface area contributed by atoms with Crippen molar-refractivity contribution in [3.8, 4) is 0 Å². The van der Waals surface area contributed by atoms with E-state index < -0.39 is 8.80 Å². The van der Waals surface area contributed by atoms with Gasteiger partial charge in [-0.3, -0.25) is 0 Å². The van der Waals surface area contributed by atoms with Gasteiger partial charge in [-0.15, -0.1) is 12.2 Å². The normalized spacial score (nSPS) is 10.9. The fourth-order valence-electron chi connectivity index (χ4n) is 1.11. The summed E-state index contributed by atoms with van der Waals surface area (Å²) in [4.78, 5) is 0. The zero-order valence-corrected chi connectivity index (χ0v) is 11.7. The standard InChI is InChI=1S/C8H18O4SSi.Li/c1-4-10-14(11-5-2,12-6-3)7-8(9)13;/h4-7H2,1-3H3,(H,9,13);/q;+1/p-1. The van der Waals surface area contributed by atoms with E-state index in [1.165, 1.54) is 0 Å². The van der Waals surface area contributed by atoms with Crippen molar-refractivity contribution in [1.29, 1.82) is 0 Å². The van der Waals surface area contributed by atoms with Gasteiger partial charge >= 0.3 is 27.7 Å². The molecule has 0 saturated heterocycles. The minimum absolute atomic E-state index is 0. The third-order valence-corrected chi connectivity index (χ3v) is 4.79. The van der Waals surface area contributed by atoms with Crippen molar-refractivity contribution in [2.75, 3.05) is 19.8 Å². The molecule has 0 spiro atoms. The maximum absolute atomic E-state index is 10.9. The van der Waals surface area contributed by atoms with Crippen molar-refractivity contribution in [3.05, 3.63) is 0 Å². The molecule has 0 aliphatic rings. The summed E-state index contributed by atoms with van der Waals surface area (Å²) >= 11 is 4.53. The molecule has 7 heteroatoms. The largest absolute Gasteiger partial charge is 1.00 e. The molecule has 0 heterocycles. The molecule has 0 aromatic heterocycles. The summed E-state index contributed by atoms with van der Waals surface area (Å²) in [5.41, 5.74) is 0. The van der Waals surface area contributed by atoms with Crippen LogP contribution in [0.3, 0.4) is 0 Å². The number of thiocarbonyl (C=S) groups is 1. The average molecular weight is 244 g/mol. The van der Waals surface area contributed by atoms with Gasteiger partial charge in [0, 0.05) is 25.9 Å². The molecule has 0 rings (SSSR count). The Balaban J connectivity index is 0. The van der Waals surface area contributed by atoms with Gasteiger partial charge < -0.3 is 18.4 Å². The molecule has 0 unspecified atom stereocenters. The Bertz CT molecular complexity index is 165. The smallest absolute Gasteiger partial charge is 0.868 e. The van der Waals surface area contributed by atoms with Gasteiger partial charge in [0.15, 0.2) is 0 Å². The summed E-state index contributed by atoms with van der Waals surface area (Å²) in [6, 6.07) is 0.0812. The topological polar surface area (TPSA) is 50.8 Å². The molecule has 15 heavy (non-hydrogen) atoms. The van der Waals surface area contributed by atoms with Crippen LogP contribution in [0, 0.1) is 0 Å². The SMILES string of the molecule is CCO[Si](CC([O-])=S)(OCC)OCC.[Li+]. The van der Waals surface area contributed by atoms with E-state index >= 15 is 0 Å². The predicted molar refractivity (Wildman–Crippen MR) is 58.0 cm³/mol. The van der Waals surface area contributed by atoms with Crippen LogP contribution in [0.4, 0.5) is 0 Å². The maximum atomic E-state index is 10.9. The molecule has 0 bridgehead atoms. The van der Waals surface area contributed by atoms with Crippen molar-refractivity contribution in [2.24, 2.45) is 0 Å². The van der Waals surface area contributed by atoms with E-state index in [-0.39, 0.29) is 30.0 Å².